The van der Waals surface area contributed by atoms with Gasteiger partial charge in [0.2, 0.25) is 11.8 Å². The van der Waals surface area contributed by atoms with Gasteiger partial charge in [0.15, 0.2) is 11.6 Å². The summed E-state index contributed by atoms with van der Waals surface area (Å²) in [6.45, 7) is 3.10. The number of carbonyl (C=O) groups is 2. The molecule has 4 heterocycles. The Kier molecular flexibility index (Phi) is 5.11. The van der Waals surface area contributed by atoms with Crippen molar-refractivity contribution in [3.05, 3.63) is 67.0 Å². The van der Waals surface area contributed by atoms with E-state index in [1.165, 1.54) is 0 Å². The minimum Gasteiger partial charge on any atom is -0.352 e. The molecule has 2 saturated heterocycles. The van der Waals surface area contributed by atoms with Gasteiger partial charge in [-0.15, -0.1) is 10.2 Å². The van der Waals surface area contributed by atoms with Crippen LogP contribution in [0.25, 0.3) is 5.82 Å². The van der Waals surface area contributed by atoms with E-state index in [4.69, 9.17) is 0 Å². The van der Waals surface area contributed by atoms with Crippen molar-refractivity contribution in [2.75, 3.05) is 42.5 Å². The summed E-state index contributed by atoms with van der Waals surface area (Å²) >= 11 is 0. The smallest absolute Gasteiger partial charge is 0.228 e. The summed E-state index contributed by atoms with van der Waals surface area (Å²) in [5.41, 5.74) is 0.856. The molecule has 8 nitrogen and oxygen atoms in total. The number of amides is 2. The Morgan fingerprint density at radius 1 is 0.839 bits per heavy atom. The number of nitrogens with zero attached hydrogens (tertiary/aromatic N) is 6. The molecule has 2 amide bonds. The zero-order valence-corrected chi connectivity index (χ0v) is 17.2. The Hall–Kier alpha value is -3.68. The van der Waals surface area contributed by atoms with E-state index < -0.39 is 0 Å². The van der Waals surface area contributed by atoms with Crippen LogP contribution in [0.5, 0.6) is 0 Å². The molecule has 0 saturated carbocycles. The van der Waals surface area contributed by atoms with Crippen LogP contribution in [0.3, 0.4) is 0 Å². The highest BCUT2D eigenvalue weighted by Crippen LogP contribution is 2.26. The lowest BCUT2D eigenvalue weighted by Crippen LogP contribution is -2.51. The van der Waals surface area contributed by atoms with Crippen LogP contribution in [0.2, 0.25) is 0 Å². The summed E-state index contributed by atoms with van der Waals surface area (Å²) in [5, 5.41) is 8.67. The molecule has 0 spiro atoms. The molecule has 0 aliphatic carbocycles. The molecule has 1 unspecified atom stereocenters. The van der Waals surface area contributed by atoms with Crippen molar-refractivity contribution in [2.24, 2.45) is 5.92 Å². The maximum atomic E-state index is 13.0. The number of hydrogen-bond acceptors (Lipinski definition) is 5. The zero-order valence-electron chi connectivity index (χ0n) is 17.2. The highest BCUT2D eigenvalue weighted by molar-refractivity contribution is 6.00. The molecule has 2 aromatic heterocycles. The Morgan fingerprint density at radius 3 is 2.19 bits per heavy atom. The van der Waals surface area contributed by atoms with Gasteiger partial charge in [0, 0.05) is 57.2 Å². The second-order valence-electron chi connectivity index (χ2n) is 7.89. The molecule has 1 atom stereocenters. The predicted octanol–water partition coefficient (Wildman–Crippen LogP) is 1.97. The van der Waals surface area contributed by atoms with Crippen LogP contribution in [0, 0.1) is 5.92 Å². The van der Waals surface area contributed by atoms with Gasteiger partial charge in [-0.2, -0.15) is 0 Å². The Morgan fingerprint density at radius 2 is 1.52 bits per heavy atom. The van der Waals surface area contributed by atoms with Gasteiger partial charge in [-0.25, -0.2) is 0 Å². The maximum absolute atomic E-state index is 13.0. The van der Waals surface area contributed by atoms with Crippen molar-refractivity contribution in [1.82, 2.24) is 19.7 Å². The monoisotopic (exact) mass is 416 g/mol. The normalized spacial score (nSPS) is 19.2. The van der Waals surface area contributed by atoms with Crippen molar-refractivity contribution < 1.29 is 9.59 Å². The minimum atomic E-state index is -0.278. The molecular formula is C23H24N6O2. The lowest BCUT2D eigenvalue weighted by molar-refractivity contribution is -0.136. The molecule has 0 bridgehead atoms. The van der Waals surface area contributed by atoms with Crippen molar-refractivity contribution in [3.63, 3.8) is 0 Å². The van der Waals surface area contributed by atoms with Gasteiger partial charge in [-0.1, -0.05) is 18.2 Å². The molecule has 2 aliphatic rings. The third-order valence-corrected chi connectivity index (χ3v) is 5.96. The van der Waals surface area contributed by atoms with Crippen LogP contribution in [0.4, 0.5) is 11.5 Å². The molecule has 2 fully saturated rings. The van der Waals surface area contributed by atoms with Crippen LogP contribution in [-0.2, 0) is 9.59 Å². The van der Waals surface area contributed by atoms with Crippen molar-refractivity contribution >= 4 is 23.3 Å². The van der Waals surface area contributed by atoms with E-state index >= 15 is 0 Å². The van der Waals surface area contributed by atoms with E-state index in [2.05, 4.69) is 15.1 Å². The minimum absolute atomic E-state index is 0.0150. The maximum Gasteiger partial charge on any atom is 0.228 e. The second-order valence-corrected chi connectivity index (χ2v) is 7.89. The molecule has 31 heavy (non-hydrogen) atoms. The topological polar surface area (TPSA) is 74.6 Å². The molecular weight excluding hydrogens is 392 g/mol. The summed E-state index contributed by atoms with van der Waals surface area (Å²) in [5.74, 6) is 1.40. The quantitative estimate of drug-likeness (QED) is 0.650. The Bertz CT molecular complexity index is 1040. The van der Waals surface area contributed by atoms with E-state index in [-0.39, 0.29) is 24.2 Å². The fourth-order valence-corrected chi connectivity index (χ4v) is 4.26. The van der Waals surface area contributed by atoms with E-state index in [1.54, 1.807) is 4.90 Å². The molecule has 1 aromatic carbocycles. The number of aromatic nitrogens is 3. The third kappa shape index (κ3) is 3.88. The van der Waals surface area contributed by atoms with E-state index in [0.717, 1.165) is 17.3 Å². The average Bonchev–Trinajstić information content (AvgIpc) is 3.50. The largest absolute Gasteiger partial charge is 0.352 e. The predicted molar refractivity (Wildman–Crippen MR) is 117 cm³/mol. The van der Waals surface area contributed by atoms with Crippen molar-refractivity contribution in [2.45, 2.75) is 6.42 Å². The number of carbonyl (C=O) groups excluding carboxylic acids is 2. The van der Waals surface area contributed by atoms with E-state index in [9.17, 15) is 9.59 Å². The van der Waals surface area contributed by atoms with Crippen molar-refractivity contribution in [1.29, 1.82) is 0 Å². The van der Waals surface area contributed by atoms with Gasteiger partial charge in [0.05, 0.1) is 5.92 Å². The summed E-state index contributed by atoms with van der Waals surface area (Å²) in [6, 6.07) is 17.4. The number of piperazine rings is 1. The summed E-state index contributed by atoms with van der Waals surface area (Å²) in [6.07, 6.45) is 4.14. The number of para-hydroxylation sites is 1. The highest BCUT2D eigenvalue weighted by atomic mass is 16.2. The molecule has 0 radical (unpaired) electrons. The van der Waals surface area contributed by atoms with E-state index in [0.29, 0.717) is 32.7 Å². The van der Waals surface area contributed by atoms with Gasteiger partial charge in [0.25, 0.3) is 0 Å². The van der Waals surface area contributed by atoms with Gasteiger partial charge in [0.1, 0.15) is 0 Å². The highest BCUT2D eigenvalue weighted by Gasteiger charge is 2.38. The molecule has 5 rings (SSSR count). The first kappa shape index (κ1) is 19.3. The summed E-state index contributed by atoms with van der Waals surface area (Å²) in [4.78, 5) is 31.2. The SMILES string of the molecule is O=C(C1CC(=O)N(c2ccccc2)C1)N1CCN(c2ccc(-n3cccc3)nn2)CC1. The van der Waals surface area contributed by atoms with Gasteiger partial charge < -0.3 is 19.3 Å². The second kappa shape index (κ2) is 8.22. The lowest BCUT2D eigenvalue weighted by atomic mass is 10.1. The lowest BCUT2D eigenvalue weighted by Gasteiger charge is -2.36. The van der Waals surface area contributed by atoms with Crippen LogP contribution >= 0.6 is 0 Å². The average molecular weight is 416 g/mol. The Balaban J connectivity index is 1.18. The molecule has 0 N–H and O–H groups in total. The third-order valence-electron chi connectivity index (χ3n) is 5.96. The van der Waals surface area contributed by atoms with Crippen LogP contribution in [0.15, 0.2) is 67.0 Å². The van der Waals surface area contributed by atoms with Gasteiger partial charge in [-0.3, -0.25) is 9.59 Å². The standard InChI is InChI=1S/C23H24N6O2/c30-22-16-18(17-29(22)19-6-2-1-3-7-19)23(31)28-14-12-27(13-15-28)21-9-8-20(24-25-21)26-10-4-5-11-26/h1-11,18H,12-17H2. The van der Waals surface area contributed by atoms with Gasteiger partial charge >= 0.3 is 0 Å². The summed E-state index contributed by atoms with van der Waals surface area (Å²) < 4.78 is 1.91. The molecule has 3 aromatic rings. The number of benzene rings is 1. The summed E-state index contributed by atoms with van der Waals surface area (Å²) in [7, 11) is 0. The fourth-order valence-electron chi connectivity index (χ4n) is 4.26. The van der Waals surface area contributed by atoms with Crippen LogP contribution < -0.4 is 9.80 Å². The van der Waals surface area contributed by atoms with Gasteiger partial charge in [-0.05, 0) is 36.4 Å². The fraction of sp³-hybridized carbons (Fsp3) is 0.304. The van der Waals surface area contributed by atoms with Crippen molar-refractivity contribution in [3.8, 4) is 5.82 Å². The number of hydrogen-bond donors (Lipinski definition) is 0. The Labute approximate surface area is 180 Å². The molecule has 2 aliphatic heterocycles. The molecule has 158 valence electrons. The first-order chi connectivity index (χ1) is 15.2. The number of anilines is 2. The number of rotatable bonds is 4. The van der Waals surface area contributed by atoms with Crippen LogP contribution in [0.1, 0.15) is 6.42 Å². The first-order valence-electron chi connectivity index (χ1n) is 10.6. The van der Waals surface area contributed by atoms with Crippen LogP contribution in [-0.4, -0.2) is 64.2 Å². The van der Waals surface area contributed by atoms with E-state index in [1.807, 2.05) is 76.5 Å². The first-order valence-corrected chi connectivity index (χ1v) is 10.6. The molecule has 8 heteroatoms. The zero-order chi connectivity index (χ0) is 21.2.